The van der Waals surface area contributed by atoms with Crippen molar-refractivity contribution in [1.82, 2.24) is 9.78 Å². The Morgan fingerprint density at radius 2 is 1.56 bits per heavy atom. The van der Waals surface area contributed by atoms with E-state index in [1.165, 1.54) is 24.7 Å². The average molecular weight is 378 g/mol. The van der Waals surface area contributed by atoms with Crippen molar-refractivity contribution < 1.29 is 19.6 Å². The van der Waals surface area contributed by atoms with Crippen LogP contribution in [0.3, 0.4) is 0 Å². The smallest absolute Gasteiger partial charge is 0.309 e. The van der Waals surface area contributed by atoms with E-state index in [2.05, 4.69) is 10.4 Å². The molecule has 0 fully saturated rings. The molecule has 0 spiro atoms. The number of amides is 1. The third-order valence-electron chi connectivity index (χ3n) is 3.72. The standard InChI is InChI=1S/C14H14N6O7/c1-8-11(18(22)23)5-10(6-12(8)19(24)25)15-14(21)3-4-17-7-13(20(26)27)9(2)16-17/h5-7H,3-4H2,1-2H3,(H,15,21). The number of nitrogens with one attached hydrogen (secondary N) is 1. The van der Waals surface area contributed by atoms with E-state index in [4.69, 9.17) is 0 Å². The van der Waals surface area contributed by atoms with Crippen molar-refractivity contribution in [3.63, 3.8) is 0 Å². The molecular weight excluding hydrogens is 364 g/mol. The van der Waals surface area contributed by atoms with Gasteiger partial charge in [-0.3, -0.25) is 39.8 Å². The molecule has 13 heteroatoms. The van der Waals surface area contributed by atoms with E-state index >= 15 is 0 Å². The summed E-state index contributed by atoms with van der Waals surface area (Å²) in [6.45, 7) is 2.73. The molecular formula is C14H14N6O7. The van der Waals surface area contributed by atoms with Gasteiger partial charge in [0.05, 0.1) is 20.5 Å². The topological polar surface area (TPSA) is 176 Å². The van der Waals surface area contributed by atoms with Crippen LogP contribution >= 0.6 is 0 Å². The van der Waals surface area contributed by atoms with Crippen LogP contribution in [-0.2, 0) is 11.3 Å². The molecule has 1 aromatic heterocycles. The lowest BCUT2D eigenvalue weighted by Gasteiger charge is -2.07. The quantitative estimate of drug-likeness (QED) is 0.563. The summed E-state index contributed by atoms with van der Waals surface area (Å²) in [5.74, 6) is -0.585. The van der Waals surface area contributed by atoms with Crippen LogP contribution in [0.1, 0.15) is 17.7 Å². The molecule has 0 saturated heterocycles. The molecule has 1 aromatic carbocycles. The molecule has 13 nitrogen and oxygen atoms in total. The number of hydrogen-bond donors (Lipinski definition) is 1. The van der Waals surface area contributed by atoms with E-state index in [0.29, 0.717) is 0 Å². The van der Waals surface area contributed by atoms with E-state index in [-0.39, 0.29) is 35.6 Å². The highest BCUT2D eigenvalue weighted by Gasteiger charge is 2.24. The van der Waals surface area contributed by atoms with Gasteiger partial charge in [0.2, 0.25) is 5.91 Å². The summed E-state index contributed by atoms with van der Waals surface area (Å²) in [6, 6.07) is 2.06. The highest BCUT2D eigenvalue weighted by molar-refractivity contribution is 5.91. The van der Waals surface area contributed by atoms with Crippen LogP contribution in [0, 0.1) is 44.2 Å². The minimum absolute atomic E-state index is 0.0244. The molecule has 0 aliphatic heterocycles. The van der Waals surface area contributed by atoms with Crippen molar-refractivity contribution in [2.24, 2.45) is 0 Å². The molecule has 1 amide bonds. The maximum atomic E-state index is 12.0. The Morgan fingerprint density at radius 3 is 2.00 bits per heavy atom. The molecule has 27 heavy (non-hydrogen) atoms. The first-order valence-corrected chi connectivity index (χ1v) is 7.52. The number of carbonyl (C=O) groups is 1. The van der Waals surface area contributed by atoms with Gasteiger partial charge >= 0.3 is 5.69 Å². The SMILES string of the molecule is Cc1nn(CCC(=O)Nc2cc([N+](=O)[O-])c(C)c([N+](=O)[O-])c2)cc1[N+](=O)[O-]. The summed E-state index contributed by atoms with van der Waals surface area (Å²) in [5.41, 5.74) is -1.17. The van der Waals surface area contributed by atoms with Gasteiger partial charge in [-0.25, -0.2) is 0 Å². The number of carbonyl (C=O) groups excluding carboxylic acids is 1. The number of aromatic nitrogens is 2. The number of nitro benzene ring substituents is 2. The van der Waals surface area contributed by atoms with Gasteiger partial charge < -0.3 is 5.32 Å². The number of rotatable bonds is 7. The molecule has 0 bridgehead atoms. The third-order valence-corrected chi connectivity index (χ3v) is 3.72. The summed E-state index contributed by atoms with van der Waals surface area (Å²) >= 11 is 0. The molecule has 0 atom stereocenters. The van der Waals surface area contributed by atoms with Crippen molar-refractivity contribution in [1.29, 1.82) is 0 Å². The first-order valence-electron chi connectivity index (χ1n) is 7.52. The zero-order valence-corrected chi connectivity index (χ0v) is 14.2. The van der Waals surface area contributed by atoms with Crippen LogP contribution in [-0.4, -0.2) is 30.5 Å². The van der Waals surface area contributed by atoms with E-state index in [0.717, 1.165) is 12.1 Å². The summed E-state index contributed by atoms with van der Waals surface area (Å²) in [6.07, 6.45) is 1.04. The Balaban J connectivity index is 2.13. The predicted octanol–water partition coefficient (Wildman–Crippen LogP) is 2.25. The van der Waals surface area contributed by atoms with Gasteiger partial charge in [-0.1, -0.05) is 0 Å². The molecule has 0 unspecified atom stereocenters. The Morgan fingerprint density at radius 1 is 1.04 bits per heavy atom. The van der Waals surface area contributed by atoms with Gasteiger partial charge in [-0.05, 0) is 13.8 Å². The Labute approximate surface area is 151 Å². The summed E-state index contributed by atoms with van der Waals surface area (Å²) in [5, 5.41) is 39.1. The molecule has 2 aromatic rings. The molecule has 142 valence electrons. The third kappa shape index (κ3) is 4.39. The van der Waals surface area contributed by atoms with E-state index in [9.17, 15) is 35.1 Å². The van der Waals surface area contributed by atoms with Gasteiger partial charge in [0.25, 0.3) is 11.4 Å². The molecule has 1 N–H and O–H groups in total. The lowest BCUT2D eigenvalue weighted by molar-refractivity contribution is -0.395. The van der Waals surface area contributed by atoms with E-state index in [1.807, 2.05) is 0 Å². The molecule has 0 saturated carbocycles. The maximum absolute atomic E-state index is 12.0. The van der Waals surface area contributed by atoms with Gasteiger partial charge in [-0.15, -0.1) is 0 Å². The zero-order valence-electron chi connectivity index (χ0n) is 14.2. The van der Waals surface area contributed by atoms with Gasteiger partial charge in [-0.2, -0.15) is 5.10 Å². The van der Waals surface area contributed by atoms with E-state index in [1.54, 1.807) is 0 Å². The summed E-state index contributed by atoms with van der Waals surface area (Å²) in [4.78, 5) is 42.7. The lowest BCUT2D eigenvalue weighted by atomic mass is 10.1. The largest absolute Gasteiger partial charge is 0.326 e. The lowest BCUT2D eigenvalue weighted by Crippen LogP contribution is -2.15. The first-order chi connectivity index (χ1) is 12.6. The zero-order chi connectivity index (χ0) is 20.3. The number of nitro groups is 3. The predicted molar refractivity (Wildman–Crippen MR) is 91.4 cm³/mol. The minimum atomic E-state index is -0.774. The normalized spacial score (nSPS) is 10.4. The molecule has 0 aliphatic carbocycles. The van der Waals surface area contributed by atoms with Crippen molar-refractivity contribution >= 4 is 28.7 Å². The molecule has 0 radical (unpaired) electrons. The fourth-order valence-corrected chi connectivity index (χ4v) is 2.38. The number of nitrogens with zero attached hydrogens (tertiary/aromatic N) is 5. The summed E-state index contributed by atoms with van der Waals surface area (Å²) < 4.78 is 1.23. The van der Waals surface area contributed by atoms with Gasteiger partial charge in [0, 0.05) is 25.1 Å². The number of hydrogen-bond acceptors (Lipinski definition) is 8. The van der Waals surface area contributed by atoms with Crippen LogP contribution in [0.25, 0.3) is 0 Å². The number of anilines is 1. The second kappa shape index (κ2) is 7.55. The molecule has 0 aliphatic rings. The Hall–Kier alpha value is -3.90. The van der Waals surface area contributed by atoms with Crippen LogP contribution in [0.5, 0.6) is 0 Å². The molecule has 1 heterocycles. The fraction of sp³-hybridized carbons (Fsp3) is 0.286. The highest BCUT2D eigenvalue weighted by Crippen LogP contribution is 2.31. The van der Waals surface area contributed by atoms with Crippen molar-refractivity contribution in [2.75, 3.05) is 5.32 Å². The Kier molecular flexibility index (Phi) is 5.43. The maximum Gasteiger partial charge on any atom is 0.309 e. The monoisotopic (exact) mass is 378 g/mol. The van der Waals surface area contributed by atoms with Gasteiger partial charge in [0.15, 0.2) is 0 Å². The van der Waals surface area contributed by atoms with E-state index < -0.39 is 32.1 Å². The second-order valence-electron chi connectivity index (χ2n) is 5.57. The number of benzene rings is 1. The fourth-order valence-electron chi connectivity index (χ4n) is 2.38. The van der Waals surface area contributed by atoms with Crippen molar-refractivity contribution in [2.45, 2.75) is 26.8 Å². The van der Waals surface area contributed by atoms with Crippen LogP contribution in [0.15, 0.2) is 18.3 Å². The van der Waals surface area contributed by atoms with Gasteiger partial charge in [0.1, 0.15) is 17.5 Å². The summed E-state index contributed by atoms with van der Waals surface area (Å²) in [7, 11) is 0. The van der Waals surface area contributed by atoms with Crippen LogP contribution < -0.4 is 5.32 Å². The first kappa shape index (κ1) is 19.4. The van der Waals surface area contributed by atoms with Crippen LogP contribution in [0.2, 0.25) is 0 Å². The highest BCUT2D eigenvalue weighted by atomic mass is 16.6. The second-order valence-corrected chi connectivity index (χ2v) is 5.57. The molecule has 2 rings (SSSR count). The number of aryl methyl sites for hydroxylation is 2. The van der Waals surface area contributed by atoms with Crippen LogP contribution in [0.4, 0.5) is 22.7 Å². The average Bonchev–Trinajstić information content (AvgIpc) is 2.95. The van der Waals surface area contributed by atoms with Crippen molar-refractivity contribution in [3.8, 4) is 0 Å². The Bertz CT molecular complexity index is 916. The van der Waals surface area contributed by atoms with Crippen molar-refractivity contribution in [3.05, 3.63) is 59.9 Å². The minimum Gasteiger partial charge on any atom is -0.326 e.